The molecule has 0 aliphatic carbocycles. The van der Waals surface area contributed by atoms with Gasteiger partial charge in [0, 0.05) is 24.7 Å². The number of nitrogens with zero attached hydrogens (tertiary/aromatic N) is 2. The normalized spacial score (nSPS) is 19.2. The molecule has 0 spiro atoms. The molecule has 2 aromatic carbocycles. The van der Waals surface area contributed by atoms with Crippen molar-refractivity contribution < 1.29 is 23.8 Å². The van der Waals surface area contributed by atoms with Gasteiger partial charge in [-0.05, 0) is 57.4 Å². The zero-order valence-electron chi connectivity index (χ0n) is 19.3. The predicted molar refractivity (Wildman–Crippen MR) is 125 cm³/mol. The van der Waals surface area contributed by atoms with Gasteiger partial charge in [-0.2, -0.15) is 0 Å². The number of anilines is 2. The summed E-state index contributed by atoms with van der Waals surface area (Å²) in [5, 5.41) is 15.1. The predicted octanol–water partition coefficient (Wildman–Crippen LogP) is 3.25. The van der Waals surface area contributed by atoms with Gasteiger partial charge in [-0.25, -0.2) is 9.18 Å². The fourth-order valence-electron chi connectivity index (χ4n) is 3.74. The fraction of sp³-hybridized carbons (Fsp3) is 0.417. The third-order valence-corrected chi connectivity index (χ3v) is 5.59. The van der Waals surface area contributed by atoms with Crippen molar-refractivity contribution in [3.8, 4) is 5.75 Å². The molecule has 0 radical (unpaired) electrons. The Hall–Kier alpha value is -3.17. The van der Waals surface area contributed by atoms with Gasteiger partial charge >= 0.3 is 6.03 Å². The van der Waals surface area contributed by atoms with Crippen LogP contribution in [-0.4, -0.2) is 72.8 Å². The Kier molecular flexibility index (Phi) is 7.88. The first-order valence-electron chi connectivity index (χ1n) is 10.9. The SMILES string of the molecule is C[C@H]1CN([C@@H](C)CO)C(=O)c2cccc(NC(=O)Nc3ccc(F)cc3)c2O[C@@H]1CN(C)C. The lowest BCUT2D eigenvalue weighted by Gasteiger charge is -2.38. The van der Waals surface area contributed by atoms with E-state index in [1.807, 2.05) is 25.9 Å². The van der Waals surface area contributed by atoms with E-state index in [1.54, 1.807) is 30.0 Å². The highest BCUT2D eigenvalue weighted by molar-refractivity contribution is 6.04. The molecule has 9 heteroatoms. The number of rotatable bonds is 6. The molecule has 0 saturated heterocycles. The minimum absolute atomic E-state index is 0.0282. The summed E-state index contributed by atoms with van der Waals surface area (Å²) in [6.07, 6.45) is -0.261. The second-order valence-corrected chi connectivity index (χ2v) is 8.65. The van der Waals surface area contributed by atoms with Crippen molar-refractivity contribution in [2.45, 2.75) is 26.0 Å². The Labute approximate surface area is 193 Å². The minimum Gasteiger partial charge on any atom is -0.486 e. The van der Waals surface area contributed by atoms with Gasteiger partial charge in [0.25, 0.3) is 5.91 Å². The molecule has 3 atom stereocenters. The molecule has 3 amide bonds. The van der Waals surface area contributed by atoms with Crippen LogP contribution in [0.4, 0.5) is 20.6 Å². The van der Waals surface area contributed by atoms with Crippen LogP contribution in [0.2, 0.25) is 0 Å². The number of benzene rings is 2. The van der Waals surface area contributed by atoms with Gasteiger partial charge in [0.2, 0.25) is 0 Å². The third kappa shape index (κ3) is 6.00. The van der Waals surface area contributed by atoms with Crippen molar-refractivity contribution in [3.63, 3.8) is 0 Å². The molecule has 2 aromatic rings. The summed E-state index contributed by atoms with van der Waals surface area (Å²) in [6, 6.07) is 9.47. The van der Waals surface area contributed by atoms with Crippen molar-refractivity contribution in [1.29, 1.82) is 0 Å². The molecular weight excluding hydrogens is 427 g/mol. The molecule has 178 valence electrons. The number of ether oxygens (including phenoxy) is 1. The Morgan fingerprint density at radius 3 is 2.58 bits per heavy atom. The van der Waals surface area contributed by atoms with Crippen molar-refractivity contribution in [3.05, 3.63) is 53.8 Å². The van der Waals surface area contributed by atoms with Crippen LogP contribution in [0.3, 0.4) is 0 Å². The van der Waals surface area contributed by atoms with Crippen LogP contribution in [0.1, 0.15) is 24.2 Å². The van der Waals surface area contributed by atoms with E-state index in [0.717, 1.165) is 0 Å². The van der Waals surface area contributed by atoms with Crippen LogP contribution >= 0.6 is 0 Å². The quantitative estimate of drug-likeness (QED) is 0.618. The summed E-state index contributed by atoms with van der Waals surface area (Å²) >= 11 is 0. The van der Waals surface area contributed by atoms with Gasteiger partial charge in [-0.3, -0.25) is 4.79 Å². The van der Waals surface area contributed by atoms with Crippen LogP contribution in [-0.2, 0) is 0 Å². The van der Waals surface area contributed by atoms with E-state index < -0.39 is 11.8 Å². The van der Waals surface area contributed by atoms with Crippen LogP contribution in [0.25, 0.3) is 0 Å². The first kappa shape index (κ1) is 24.5. The molecule has 33 heavy (non-hydrogen) atoms. The van der Waals surface area contributed by atoms with Gasteiger partial charge in [0.1, 0.15) is 11.9 Å². The molecule has 0 aromatic heterocycles. The van der Waals surface area contributed by atoms with Crippen LogP contribution in [0.15, 0.2) is 42.5 Å². The van der Waals surface area contributed by atoms with E-state index in [-0.39, 0.29) is 36.3 Å². The largest absolute Gasteiger partial charge is 0.486 e. The number of halogens is 1. The molecule has 0 bridgehead atoms. The number of carbonyl (C=O) groups is 2. The lowest BCUT2D eigenvalue weighted by Crippen LogP contribution is -2.49. The number of fused-ring (bicyclic) bond motifs is 1. The number of amides is 3. The van der Waals surface area contributed by atoms with E-state index in [4.69, 9.17) is 4.74 Å². The lowest BCUT2D eigenvalue weighted by atomic mass is 9.99. The van der Waals surface area contributed by atoms with Crippen LogP contribution in [0.5, 0.6) is 5.75 Å². The van der Waals surface area contributed by atoms with E-state index in [9.17, 15) is 19.1 Å². The number of hydrogen-bond acceptors (Lipinski definition) is 5. The van der Waals surface area contributed by atoms with Gasteiger partial charge in [0.15, 0.2) is 5.75 Å². The molecule has 1 aliphatic heterocycles. The zero-order chi connectivity index (χ0) is 24.1. The maximum Gasteiger partial charge on any atom is 0.323 e. The Balaban J connectivity index is 1.95. The maximum atomic E-state index is 13.4. The zero-order valence-corrected chi connectivity index (χ0v) is 19.3. The molecule has 0 fully saturated rings. The molecule has 1 heterocycles. The Morgan fingerprint density at radius 2 is 1.94 bits per heavy atom. The smallest absolute Gasteiger partial charge is 0.323 e. The molecule has 8 nitrogen and oxygen atoms in total. The molecule has 1 aliphatic rings. The second-order valence-electron chi connectivity index (χ2n) is 8.65. The summed E-state index contributed by atoms with van der Waals surface area (Å²) in [4.78, 5) is 29.7. The number of carbonyl (C=O) groups excluding carboxylic acids is 2. The highest BCUT2D eigenvalue weighted by Gasteiger charge is 2.34. The number of nitrogens with one attached hydrogen (secondary N) is 2. The van der Waals surface area contributed by atoms with E-state index in [1.165, 1.54) is 24.3 Å². The highest BCUT2D eigenvalue weighted by Crippen LogP contribution is 2.35. The summed E-state index contributed by atoms with van der Waals surface area (Å²) in [5.41, 5.74) is 1.08. The van der Waals surface area contributed by atoms with Gasteiger partial charge in [-0.1, -0.05) is 13.0 Å². The summed E-state index contributed by atoms with van der Waals surface area (Å²) in [7, 11) is 3.88. The Bertz CT molecular complexity index is 983. The lowest BCUT2D eigenvalue weighted by molar-refractivity contribution is 0.0365. The molecule has 3 N–H and O–H groups in total. The maximum absolute atomic E-state index is 13.4. The third-order valence-electron chi connectivity index (χ3n) is 5.59. The van der Waals surface area contributed by atoms with Gasteiger partial charge < -0.3 is 30.3 Å². The van der Waals surface area contributed by atoms with Crippen molar-refractivity contribution in [1.82, 2.24) is 9.80 Å². The van der Waals surface area contributed by atoms with Crippen molar-refractivity contribution >= 4 is 23.3 Å². The molecular formula is C24H31FN4O4. The van der Waals surface area contributed by atoms with Crippen molar-refractivity contribution in [2.75, 3.05) is 44.4 Å². The topological polar surface area (TPSA) is 94.1 Å². The van der Waals surface area contributed by atoms with Gasteiger partial charge in [0.05, 0.1) is 23.9 Å². The second kappa shape index (κ2) is 10.6. The average Bonchev–Trinajstić information content (AvgIpc) is 2.77. The number of hydrogen-bond donors (Lipinski definition) is 3. The fourth-order valence-corrected chi connectivity index (χ4v) is 3.74. The first-order valence-corrected chi connectivity index (χ1v) is 10.9. The summed E-state index contributed by atoms with van der Waals surface area (Å²) < 4.78 is 19.5. The molecule has 0 unspecified atom stereocenters. The standard InChI is InChI=1S/C24H31FN4O4/c1-15-12-29(16(2)14-30)23(31)19-6-5-7-20(22(19)33-21(15)13-28(3)4)27-24(32)26-18-10-8-17(25)9-11-18/h5-11,15-16,21,30H,12-14H2,1-4H3,(H2,26,27,32)/t15-,16-,21+/m0/s1. The number of para-hydroxylation sites is 1. The van der Waals surface area contributed by atoms with Crippen molar-refractivity contribution in [2.24, 2.45) is 5.92 Å². The Morgan fingerprint density at radius 1 is 1.24 bits per heavy atom. The van der Waals surface area contributed by atoms with E-state index >= 15 is 0 Å². The average molecular weight is 459 g/mol. The van der Waals surface area contributed by atoms with E-state index in [2.05, 4.69) is 10.6 Å². The highest BCUT2D eigenvalue weighted by atomic mass is 19.1. The van der Waals surface area contributed by atoms with Gasteiger partial charge in [-0.15, -0.1) is 0 Å². The monoisotopic (exact) mass is 458 g/mol. The summed E-state index contributed by atoms with van der Waals surface area (Å²) in [5.74, 6) is -0.422. The molecule has 0 saturated carbocycles. The number of urea groups is 1. The van der Waals surface area contributed by atoms with Crippen LogP contribution in [0, 0.1) is 11.7 Å². The van der Waals surface area contributed by atoms with Crippen LogP contribution < -0.4 is 15.4 Å². The number of aliphatic hydroxyl groups is 1. The number of likely N-dealkylation sites (N-methyl/N-ethyl adjacent to an activating group) is 1. The van der Waals surface area contributed by atoms with E-state index in [0.29, 0.717) is 30.0 Å². The minimum atomic E-state index is -0.550. The molecule has 3 rings (SSSR count). The summed E-state index contributed by atoms with van der Waals surface area (Å²) in [6.45, 7) is 4.67. The number of aliphatic hydroxyl groups excluding tert-OH is 1. The first-order chi connectivity index (χ1) is 15.7.